The summed E-state index contributed by atoms with van der Waals surface area (Å²) in [5, 5.41) is 8.25. The van der Waals surface area contributed by atoms with Gasteiger partial charge < -0.3 is 5.73 Å². The third kappa shape index (κ3) is 4.63. The molecule has 2 aromatic heterocycles. The van der Waals surface area contributed by atoms with Crippen LogP contribution in [0.4, 0.5) is 0 Å². The zero-order chi connectivity index (χ0) is 13.4. The van der Waals surface area contributed by atoms with E-state index in [4.69, 9.17) is 11.0 Å². The normalized spacial score (nSPS) is 9.00. The van der Waals surface area contributed by atoms with Crippen LogP contribution in [-0.4, -0.2) is 19.9 Å². The van der Waals surface area contributed by atoms with Gasteiger partial charge in [0.05, 0.1) is 6.54 Å². The minimum Gasteiger partial charge on any atom is -0.324 e. The Morgan fingerprint density at radius 1 is 1.00 bits per heavy atom. The summed E-state index contributed by atoms with van der Waals surface area (Å²) in [7, 11) is 0. The van der Waals surface area contributed by atoms with Gasteiger partial charge in [-0.2, -0.15) is 5.26 Å². The molecule has 92 valence electrons. The molecule has 0 atom stereocenters. The monoisotopic (exact) mass is 242 g/mol. The Labute approximate surface area is 106 Å². The second kappa shape index (κ2) is 7.04. The van der Waals surface area contributed by atoms with E-state index in [2.05, 4.69) is 19.9 Å². The highest BCUT2D eigenvalue weighted by molar-refractivity contribution is 5.11. The summed E-state index contributed by atoms with van der Waals surface area (Å²) in [5.74, 6) is 0.918. The Hall–Kier alpha value is -2.39. The summed E-state index contributed by atoms with van der Waals surface area (Å²) in [4.78, 5) is 15.4. The molecule has 0 aliphatic rings. The molecule has 0 unspecified atom stereocenters. The van der Waals surface area contributed by atoms with Crippen molar-refractivity contribution in [1.82, 2.24) is 19.9 Å². The summed E-state index contributed by atoms with van der Waals surface area (Å²) in [6, 6.07) is 1.83. The minimum absolute atomic E-state index is 0.223. The molecule has 0 fully saturated rings. The van der Waals surface area contributed by atoms with E-state index in [1.807, 2.05) is 19.9 Å². The van der Waals surface area contributed by atoms with Crippen LogP contribution in [-0.2, 0) is 6.54 Å². The number of aromatic nitrogens is 4. The van der Waals surface area contributed by atoms with Crippen molar-refractivity contribution in [1.29, 1.82) is 5.26 Å². The van der Waals surface area contributed by atoms with Crippen LogP contribution in [0.25, 0.3) is 0 Å². The second-order valence-corrected chi connectivity index (χ2v) is 3.58. The zero-order valence-corrected chi connectivity index (χ0v) is 10.3. The number of nitriles is 1. The van der Waals surface area contributed by atoms with E-state index in [0.29, 0.717) is 12.4 Å². The number of nitrogens with zero attached hydrogens (tertiary/aromatic N) is 5. The van der Waals surface area contributed by atoms with E-state index in [-0.39, 0.29) is 5.82 Å². The standard InChI is InChI=1S/C6H9N3.C6H5N3/c2*1-5-3-8-6(2-7)9-4-5/h3-4H,2,7H2,1H3;3-4H,1H3. The van der Waals surface area contributed by atoms with Crippen molar-refractivity contribution in [3.8, 4) is 6.07 Å². The first-order chi connectivity index (χ1) is 8.65. The summed E-state index contributed by atoms with van der Waals surface area (Å²) < 4.78 is 0. The average molecular weight is 242 g/mol. The van der Waals surface area contributed by atoms with E-state index < -0.39 is 0 Å². The maximum Gasteiger partial charge on any atom is 0.232 e. The Morgan fingerprint density at radius 3 is 1.83 bits per heavy atom. The molecule has 2 N–H and O–H groups in total. The molecule has 0 saturated carbocycles. The topological polar surface area (TPSA) is 101 Å². The molecule has 6 heteroatoms. The Morgan fingerprint density at radius 2 is 1.44 bits per heavy atom. The van der Waals surface area contributed by atoms with Crippen LogP contribution in [0.1, 0.15) is 22.8 Å². The molecular weight excluding hydrogens is 228 g/mol. The van der Waals surface area contributed by atoms with Crippen molar-refractivity contribution < 1.29 is 0 Å². The van der Waals surface area contributed by atoms with Gasteiger partial charge in [-0.3, -0.25) is 0 Å². The van der Waals surface area contributed by atoms with Crippen LogP contribution >= 0.6 is 0 Å². The van der Waals surface area contributed by atoms with Gasteiger partial charge in [-0.15, -0.1) is 0 Å². The van der Waals surface area contributed by atoms with Gasteiger partial charge in [0.25, 0.3) is 0 Å². The van der Waals surface area contributed by atoms with Crippen molar-refractivity contribution in [3.63, 3.8) is 0 Å². The highest BCUT2D eigenvalue weighted by atomic mass is 14.9. The highest BCUT2D eigenvalue weighted by Gasteiger charge is 1.89. The molecular formula is C12H14N6. The van der Waals surface area contributed by atoms with E-state index in [1.165, 1.54) is 0 Å². The molecule has 0 radical (unpaired) electrons. The summed E-state index contributed by atoms with van der Waals surface area (Å²) in [6.45, 7) is 4.24. The Bertz CT molecular complexity index is 512. The van der Waals surface area contributed by atoms with Crippen LogP contribution in [0.3, 0.4) is 0 Å². The number of hydrogen-bond donors (Lipinski definition) is 1. The lowest BCUT2D eigenvalue weighted by Crippen LogP contribution is -2.01. The smallest absolute Gasteiger partial charge is 0.232 e. The molecule has 0 aromatic carbocycles. The fraction of sp³-hybridized carbons (Fsp3) is 0.250. The summed E-state index contributed by atoms with van der Waals surface area (Å²) in [5.41, 5.74) is 7.30. The third-order valence-electron chi connectivity index (χ3n) is 1.90. The molecule has 2 heterocycles. The van der Waals surface area contributed by atoms with E-state index >= 15 is 0 Å². The Kier molecular flexibility index (Phi) is 5.35. The van der Waals surface area contributed by atoms with Gasteiger partial charge in [0.15, 0.2) is 0 Å². The lowest BCUT2D eigenvalue weighted by molar-refractivity contribution is 0.901. The first-order valence-electron chi connectivity index (χ1n) is 5.32. The maximum absolute atomic E-state index is 8.25. The van der Waals surface area contributed by atoms with Gasteiger partial charge in [0, 0.05) is 24.8 Å². The molecule has 0 saturated heterocycles. The predicted octanol–water partition coefficient (Wildman–Crippen LogP) is 0.900. The first kappa shape index (κ1) is 13.7. The van der Waals surface area contributed by atoms with Crippen molar-refractivity contribution in [2.75, 3.05) is 0 Å². The van der Waals surface area contributed by atoms with E-state index in [9.17, 15) is 0 Å². The van der Waals surface area contributed by atoms with Crippen molar-refractivity contribution in [2.24, 2.45) is 5.73 Å². The van der Waals surface area contributed by atoms with Crippen molar-refractivity contribution in [3.05, 3.63) is 47.6 Å². The number of rotatable bonds is 1. The molecule has 2 aromatic rings. The molecule has 6 nitrogen and oxygen atoms in total. The van der Waals surface area contributed by atoms with Gasteiger partial charge in [-0.05, 0) is 25.0 Å². The van der Waals surface area contributed by atoms with E-state index in [0.717, 1.165) is 11.1 Å². The molecule has 18 heavy (non-hydrogen) atoms. The van der Waals surface area contributed by atoms with Crippen molar-refractivity contribution in [2.45, 2.75) is 20.4 Å². The van der Waals surface area contributed by atoms with Crippen LogP contribution in [0.5, 0.6) is 0 Å². The highest BCUT2D eigenvalue weighted by Crippen LogP contribution is 1.91. The fourth-order valence-corrected chi connectivity index (χ4v) is 0.975. The van der Waals surface area contributed by atoms with Crippen LogP contribution in [0.15, 0.2) is 24.8 Å². The lowest BCUT2D eigenvalue weighted by Gasteiger charge is -1.92. The quantitative estimate of drug-likeness (QED) is 0.797. The summed E-state index contributed by atoms with van der Waals surface area (Å²) >= 11 is 0. The van der Waals surface area contributed by atoms with Gasteiger partial charge in [-0.25, -0.2) is 19.9 Å². The fourth-order valence-electron chi connectivity index (χ4n) is 0.975. The molecule has 0 spiro atoms. The van der Waals surface area contributed by atoms with Gasteiger partial charge >= 0.3 is 0 Å². The number of hydrogen-bond acceptors (Lipinski definition) is 6. The molecule has 0 aliphatic carbocycles. The van der Waals surface area contributed by atoms with Crippen LogP contribution in [0, 0.1) is 25.2 Å². The maximum atomic E-state index is 8.25. The summed E-state index contributed by atoms with van der Waals surface area (Å²) in [6.07, 6.45) is 6.75. The second-order valence-electron chi connectivity index (χ2n) is 3.58. The largest absolute Gasteiger partial charge is 0.324 e. The van der Waals surface area contributed by atoms with E-state index in [1.54, 1.807) is 24.8 Å². The predicted molar refractivity (Wildman–Crippen MR) is 66.1 cm³/mol. The third-order valence-corrected chi connectivity index (χ3v) is 1.90. The van der Waals surface area contributed by atoms with Crippen LogP contribution < -0.4 is 5.73 Å². The molecule has 0 aliphatic heterocycles. The minimum atomic E-state index is 0.223. The average Bonchev–Trinajstić information content (AvgIpc) is 2.41. The van der Waals surface area contributed by atoms with Gasteiger partial charge in [0.1, 0.15) is 11.9 Å². The number of aryl methyl sites for hydroxylation is 2. The zero-order valence-electron chi connectivity index (χ0n) is 10.3. The van der Waals surface area contributed by atoms with Crippen molar-refractivity contribution >= 4 is 0 Å². The van der Waals surface area contributed by atoms with Gasteiger partial charge in [-0.1, -0.05) is 0 Å². The SMILES string of the molecule is Cc1cnc(C#N)nc1.Cc1cnc(CN)nc1. The number of nitrogens with two attached hydrogens (primary N) is 1. The Balaban J connectivity index is 0.000000180. The molecule has 2 rings (SSSR count). The molecule has 0 bridgehead atoms. The van der Waals surface area contributed by atoms with Crippen LogP contribution in [0.2, 0.25) is 0 Å². The van der Waals surface area contributed by atoms with Gasteiger partial charge in [0.2, 0.25) is 5.82 Å². The molecule has 0 amide bonds. The lowest BCUT2D eigenvalue weighted by atomic mass is 10.4. The first-order valence-corrected chi connectivity index (χ1v) is 5.32.